The number of hydrogen-bond acceptors (Lipinski definition) is 9. The largest absolute Gasteiger partial charge is 0.507 e. The van der Waals surface area contributed by atoms with Crippen molar-refractivity contribution in [2.75, 3.05) is 7.11 Å². The van der Waals surface area contributed by atoms with Crippen molar-refractivity contribution in [2.45, 2.75) is 46.5 Å². The molecular formula is C41H36O9. The summed E-state index contributed by atoms with van der Waals surface area (Å²) in [7, 11) is 1.55. The third-order valence-corrected chi connectivity index (χ3v) is 8.68. The van der Waals surface area contributed by atoms with E-state index in [2.05, 4.69) is 0 Å². The number of aromatic hydroxyl groups is 2. The molecule has 0 spiro atoms. The van der Waals surface area contributed by atoms with Gasteiger partial charge in [0.15, 0.2) is 0 Å². The lowest BCUT2D eigenvalue weighted by molar-refractivity contribution is -0.132. The lowest BCUT2D eigenvalue weighted by atomic mass is 9.76. The van der Waals surface area contributed by atoms with Crippen LogP contribution in [0.25, 0.3) is 22.3 Å². The van der Waals surface area contributed by atoms with Crippen LogP contribution in [0.4, 0.5) is 0 Å². The molecule has 0 bridgehead atoms. The molecule has 0 aromatic heterocycles. The molecule has 0 unspecified atom stereocenters. The van der Waals surface area contributed by atoms with E-state index in [9.17, 15) is 24.6 Å². The van der Waals surface area contributed by atoms with Crippen LogP contribution in [0, 0.1) is 0 Å². The van der Waals surface area contributed by atoms with E-state index in [0.29, 0.717) is 65.2 Å². The van der Waals surface area contributed by atoms with Crippen LogP contribution in [-0.4, -0.2) is 35.2 Å². The van der Waals surface area contributed by atoms with Crippen molar-refractivity contribution in [1.82, 2.24) is 0 Å². The third-order valence-electron chi connectivity index (χ3n) is 8.68. The van der Waals surface area contributed by atoms with Gasteiger partial charge in [0.1, 0.15) is 34.5 Å². The monoisotopic (exact) mass is 672 g/mol. The summed E-state index contributed by atoms with van der Waals surface area (Å²) < 4.78 is 22.1. The first-order valence-electron chi connectivity index (χ1n) is 16.1. The predicted molar refractivity (Wildman–Crippen MR) is 187 cm³/mol. The highest BCUT2D eigenvalue weighted by Gasteiger charge is 2.34. The molecule has 9 heteroatoms. The highest BCUT2D eigenvalue weighted by atomic mass is 16.5. The number of methoxy groups -OCH3 is 1. The molecule has 1 aliphatic carbocycles. The number of carbonyl (C=O) groups excluding carboxylic acids is 3. The van der Waals surface area contributed by atoms with Crippen molar-refractivity contribution in [1.29, 1.82) is 0 Å². The fourth-order valence-electron chi connectivity index (χ4n) is 6.67. The molecule has 2 N–H and O–H groups in total. The average molecular weight is 673 g/mol. The van der Waals surface area contributed by atoms with Gasteiger partial charge in [-0.05, 0) is 64.9 Å². The second-order valence-electron chi connectivity index (χ2n) is 12.1. The van der Waals surface area contributed by atoms with Crippen LogP contribution in [-0.2, 0) is 40.1 Å². The van der Waals surface area contributed by atoms with Gasteiger partial charge in [-0.1, -0.05) is 54.6 Å². The molecule has 5 aromatic carbocycles. The number of ether oxygens (including phenoxy) is 4. The van der Waals surface area contributed by atoms with Crippen molar-refractivity contribution in [3.05, 3.63) is 118 Å². The zero-order valence-corrected chi connectivity index (χ0v) is 28.2. The summed E-state index contributed by atoms with van der Waals surface area (Å²) in [6, 6.07) is 25.1. The van der Waals surface area contributed by atoms with E-state index in [0.717, 1.165) is 27.8 Å². The summed E-state index contributed by atoms with van der Waals surface area (Å²) in [6.07, 6.45) is 1.71. The van der Waals surface area contributed by atoms with Gasteiger partial charge in [-0.25, -0.2) is 0 Å². The van der Waals surface area contributed by atoms with E-state index in [4.69, 9.17) is 18.9 Å². The second-order valence-corrected chi connectivity index (χ2v) is 12.1. The Morgan fingerprint density at radius 1 is 0.580 bits per heavy atom. The van der Waals surface area contributed by atoms with Crippen LogP contribution in [0.1, 0.15) is 54.2 Å². The molecule has 0 aliphatic heterocycles. The van der Waals surface area contributed by atoms with Crippen molar-refractivity contribution in [2.24, 2.45) is 0 Å². The molecule has 0 amide bonds. The SMILES string of the molecule is COc1cc(OC(C)=O)c2c(c1Cc1ccc(OC(C)=O)cc1)CCc1c(Cc3ccc(OC(C)=O)cc3)c(O)c(-c3ccccc3)c(O)c1-2. The van der Waals surface area contributed by atoms with E-state index >= 15 is 0 Å². The Morgan fingerprint density at radius 3 is 1.58 bits per heavy atom. The maximum atomic E-state index is 12.5. The van der Waals surface area contributed by atoms with Gasteiger partial charge < -0.3 is 29.2 Å². The first kappa shape index (κ1) is 33.8. The number of phenols is 2. The van der Waals surface area contributed by atoms with E-state index in [1.54, 1.807) is 37.4 Å². The molecule has 0 heterocycles. The minimum absolute atomic E-state index is 0.0457. The van der Waals surface area contributed by atoms with Gasteiger partial charge in [0.25, 0.3) is 0 Å². The number of carbonyl (C=O) groups is 3. The summed E-state index contributed by atoms with van der Waals surface area (Å²) in [5, 5.41) is 24.1. The van der Waals surface area contributed by atoms with Gasteiger partial charge in [-0.3, -0.25) is 14.4 Å². The highest BCUT2D eigenvalue weighted by Crippen LogP contribution is 2.55. The van der Waals surface area contributed by atoms with E-state index < -0.39 is 17.9 Å². The molecular weight excluding hydrogens is 636 g/mol. The van der Waals surface area contributed by atoms with Gasteiger partial charge in [-0.15, -0.1) is 0 Å². The Balaban J connectivity index is 1.57. The topological polar surface area (TPSA) is 129 Å². The molecule has 50 heavy (non-hydrogen) atoms. The molecule has 9 nitrogen and oxygen atoms in total. The smallest absolute Gasteiger partial charge is 0.308 e. The average Bonchev–Trinajstić information content (AvgIpc) is 3.08. The minimum Gasteiger partial charge on any atom is -0.507 e. The molecule has 6 rings (SSSR count). The lowest BCUT2D eigenvalue weighted by Gasteiger charge is -2.30. The van der Waals surface area contributed by atoms with Gasteiger partial charge in [0, 0.05) is 61.9 Å². The van der Waals surface area contributed by atoms with Crippen LogP contribution in [0.3, 0.4) is 0 Å². The zero-order chi connectivity index (χ0) is 35.5. The van der Waals surface area contributed by atoms with Crippen LogP contribution < -0.4 is 18.9 Å². The number of esters is 3. The fourth-order valence-corrected chi connectivity index (χ4v) is 6.67. The normalized spacial score (nSPS) is 11.6. The quantitative estimate of drug-likeness (QED) is 0.121. The summed E-state index contributed by atoms with van der Waals surface area (Å²) >= 11 is 0. The summed E-state index contributed by atoms with van der Waals surface area (Å²) in [4.78, 5) is 35.4. The van der Waals surface area contributed by atoms with Gasteiger partial charge >= 0.3 is 17.9 Å². The van der Waals surface area contributed by atoms with E-state index in [1.807, 2.05) is 54.6 Å². The van der Waals surface area contributed by atoms with Crippen LogP contribution in [0.2, 0.25) is 0 Å². The van der Waals surface area contributed by atoms with Gasteiger partial charge in [0.05, 0.1) is 12.7 Å². The first-order chi connectivity index (χ1) is 24.0. The highest BCUT2D eigenvalue weighted by molar-refractivity contribution is 5.95. The molecule has 0 saturated carbocycles. The van der Waals surface area contributed by atoms with Crippen molar-refractivity contribution in [3.8, 4) is 56.8 Å². The number of benzene rings is 5. The van der Waals surface area contributed by atoms with Crippen molar-refractivity contribution >= 4 is 17.9 Å². The Hall–Kier alpha value is -6.09. The molecule has 0 atom stereocenters. The van der Waals surface area contributed by atoms with Gasteiger partial charge in [-0.2, -0.15) is 0 Å². The van der Waals surface area contributed by atoms with E-state index in [1.165, 1.54) is 20.8 Å². The van der Waals surface area contributed by atoms with Gasteiger partial charge in [0.2, 0.25) is 0 Å². The molecule has 1 aliphatic rings. The maximum absolute atomic E-state index is 12.5. The molecule has 0 saturated heterocycles. The zero-order valence-electron chi connectivity index (χ0n) is 28.2. The second kappa shape index (κ2) is 14.2. The standard InChI is InChI=1S/C41H36O9/c1-23(42)48-29-14-10-26(11-15-29)20-33-31-18-19-32-34(21-27-12-16-30(17-13-27)49-24(2)43)40(45)37(28-8-6-5-7-9-28)41(46)39(32)38(31)36(50-25(3)44)22-35(33)47-4/h5-17,22,45-46H,18-21H2,1-4H3. The maximum Gasteiger partial charge on any atom is 0.308 e. The van der Waals surface area contributed by atoms with Crippen LogP contribution >= 0.6 is 0 Å². The van der Waals surface area contributed by atoms with Crippen molar-refractivity contribution < 1.29 is 43.5 Å². The Morgan fingerprint density at radius 2 is 1.08 bits per heavy atom. The third kappa shape index (κ3) is 6.89. The Bertz CT molecular complexity index is 2100. The van der Waals surface area contributed by atoms with Crippen LogP contribution in [0.15, 0.2) is 84.9 Å². The van der Waals surface area contributed by atoms with Crippen LogP contribution in [0.5, 0.6) is 34.5 Å². The predicted octanol–water partition coefficient (Wildman–Crippen LogP) is 7.50. The minimum atomic E-state index is -0.537. The van der Waals surface area contributed by atoms with E-state index in [-0.39, 0.29) is 22.8 Å². The lowest BCUT2D eigenvalue weighted by Crippen LogP contribution is -2.15. The number of rotatable bonds is 9. The molecule has 0 radical (unpaired) electrons. The summed E-state index contributed by atoms with van der Waals surface area (Å²) in [5.41, 5.74) is 6.70. The summed E-state index contributed by atoms with van der Waals surface area (Å²) in [5.74, 6) is 0.0409. The molecule has 0 fully saturated rings. The summed E-state index contributed by atoms with van der Waals surface area (Å²) in [6.45, 7) is 4.00. The first-order valence-corrected chi connectivity index (χ1v) is 16.1. The van der Waals surface area contributed by atoms with Crippen molar-refractivity contribution in [3.63, 3.8) is 0 Å². The number of fused-ring (bicyclic) bond motifs is 3. The number of phenolic OH excluding ortho intramolecular Hbond substituents is 2. The number of hydrogen-bond donors (Lipinski definition) is 2. The molecule has 254 valence electrons. The fraction of sp³-hybridized carbons (Fsp3) is 0.195. The Kier molecular flexibility index (Phi) is 9.58. The molecule has 5 aromatic rings. The Labute approximate surface area is 289 Å².